The van der Waals surface area contributed by atoms with E-state index in [0.717, 1.165) is 35.3 Å². The van der Waals surface area contributed by atoms with Crippen molar-refractivity contribution in [2.24, 2.45) is 0 Å². The summed E-state index contributed by atoms with van der Waals surface area (Å²) < 4.78 is 5.93. The second kappa shape index (κ2) is 7.62. The zero-order chi connectivity index (χ0) is 20.5. The first kappa shape index (κ1) is 18.4. The Kier molecular flexibility index (Phi) is 4.66. The molecule has 2 amide bonds. The smallest absolute Gasteiger partial charge is 0.321 e. The molecule has 0 spiro atoms. The lowest BCUT2D eigenvalue weighted by Gasteiger charge is -2.31. The molecular formula is C22H22N6O2. The van der Waals surface area contributed by atoms with E-state index in [1.54, 1.807) is 0 Å². The normalized spacial score (nSPS) is 16.7. The van der Waals surface area contributed by atoms with Gasteiger partial charge in [-0.05, 0) is 44.0 Å². The molecule has 1 aliphatic rings. The van der Waals surface area contributed by atoms with Crippen molar-refractivity contribution in [2.45, 2.75) is 25.7 Å². The summed E-state index contributed by atoms with van der Waals surface area (Å²) in [5.74, 6) is 2.16. The third-order valence-electron chi connectivity index (χ3n) is 5.34. The molecule has 5 rings (SSSR count). The highest BCUT2D eigenvalue weighted by Crippen LogP contribution is 2.29. The number of benzene rings is 2. The van der Waals surface area contributed by atoms with Gasteiger partial charge in [0.2, 0.25) is 0 Å². The first-order valence-corrected chi connectivity index (χ1v) is 10.1. The summed E-state index contributed by atoms with van der Waals surface area (Å²) in [5.41, 5.74) is 3.20. The fraction of sp³-hybridized carbons (Fsp3) is 0.273. The van der Waals surface area contributed by atoms with Crippen LogP contribution in [0.3, 0.4) is 0 Å². The number of piperidine rings is 1. The molecular weight excluding hydrogens is 380 g/mol. The summed E-state index contributed by atoms with van der Waals surface area (Å²) in [4.78, 5) is 23.7. The Bertz CT molecular complexity index is 1160. The maximum Gasteiger partial charge on any atom is 0.321 e. The van der Waals surface area contributed by atoms with Gasteiger partial charge in [-0.15, -0.1) is 0 Å². The Balaban J connectivity index is 1.29. The summed E-state index contributed by atoms with van der Waals surface area (Å²) in [6, 6.07) is 15.2. The maximum atomic E-state index is 12.9. The number of H-pyrrole nitrogens is 1. The Morgan fingerprint density at radius 3 is 2.93 bits per heavy atom. The second-order valence-corrected chi connectivity index (χ2v) is 7.56. The van der Waals surface area contributed by atoms with E-state index in [2.05, 4.69) is 25.5 Å². The molecule has 0 bridgehead atoms. The van der Waals surface area contributed by atoms with E-state index in [4.69, 9.17) is 4.42 Å². The number of aromatic nitrogens is 4. The van der Waals surface area contributed by atoms with Gasteiger partial charge in [0.1, 0.15) is 11.3 Å². The summed E-state index contributed by atoms with van der Waals surface area (Å²) in [6.07, 6.45) is 1.86. The minimum atomic E-state index is -0.126. The molecule has 1 aliphatic heterocycles. The zero-order valence-electron chi connectivity index (χ0n) is 16.6. The molecule has 1 fully saturated rings. The molecule has 152 valence electrons. The highest BCUT2D eigenvalue weighted by Gasteiger charge is 2.28. The molecule has 2 aromatic carbocycles. The molecule has 4 aromatic rings. The van der Waals surface area contributed by atoms with Gasteiger partial charge in [-0.2, -0.15) is 5.10 Å². The number of hydrogen-bond acceptors (Lipinski definition) is 5. The third kappa shape index (κ3) is 3.63. The predicted molar refractivity (Wildman–Crippen MR) is 113 cm³/mol. The van der Waals surface area contributed by atoms with Crippen LogP contribution >= 0.6 is 0 Å². The van der Waals surface area contributed by atoms with Gasteiger partial charge in [-0.3, -0.25) is 5.10 Å². The van der Waals surface area contributed by atoms with Crippen LogP contribution in [0.2, 0.25) is 0 Å². The van der Waals surface area contributed by atoms with Gasteiger partial charge >= 0.3 is 6.03 Å². The Hall–Kier alpha value is -3.68. The number of oxazole rings is 1. The van der Waals surface area contributed by atoms with E-state index < -0.39 is 0 Å². The topological polar surface area (TPSA) is 99.9 Å². The molecule has 0 aliphatic carbocycles. The molecule has 2 aromatic heterocycles. The fourth-order valence-electron chi connectivity index (χ4n) is 3.84. The molecule has 1 atom stereocenters. The SMILES string of the molecule is Cc1nc(-c2cccc(NC(=O)N3CCCC(c4nc5ccccc5o4)C3)c2)n[nH]1. The van der Waals surface area contributed by atoms with Crippen LogP contribution in [0.1, 0.15) is 30.5 Å². The molecule has 0 radical (unpaired) electrons. The lowest BCUT2D eigenvalue weighted by Crippen LogP contribution is -2.41. The van der Waals surface area contributed by atoms with Crippen LogP contribution in [0.25, 0.3) is 22.5 Å². The number of urea groups is 1. The van der Waals surface area contributed by atoms with Crippen molar-refractivity contribution in [3.8, 4) is 11.4 Å². The van der Waals surface area contributed by atoms with Crippen molar-refractivity contribution in [3.05, 3.63) is 60.2 Å². The van der Waals surface area contributed by atoms with Crippen LogP contribution in [0, 0.1) is 6.92 Å². The number of anilines is 1. The quantitative estimate of drug-likeness (QED) is 0.531. The number of nitrogens with one attached hydrogen (secondary N) is 2. The van der Waals surface area contributed by atoms with Gasteiger partial charge in [0.15, 0.2) is 17.3 Å². The van der Waals surface area contributed by atoms with Gasteiger partial charge in [0, 0.05) is 24.3 Å². The number of fused-ring (bicyclic) bond motifs is 1. The highest BCUT2D eigenvalue weighted by atomic mass is 16.3. The van der Waals surface area contributed by atoms with Crippen LogP contribution in [-0.2, 0) is 0 Å². The van der Waals surface area contributed by atoms with Gasteiger partial charge in [0.25, 0.3) is 0 Å². The lowest BCUT2D eigenvalue weighted by molar-refractivity contribution is 0.187. The monoisotopic (exact) mass is 402 g/mol. The molecule has 1 unspecified atom stereocenters. The van der Waals surface area contributed by atoms with Crippen molar-refractivity contribution >= 4 is 22.8 Å². The highest BCUT2D eigenvalue weighted by molar-refractivity contribution is 5.90. The van der Waals surface area contributed by atoms with E-state index in [-0.39, 0.29) is 11.9 Å². The first-order valence-electron chi connectivity index (χ1n) is 10.1. The van der Waals surface area contributed by atoms with Gasteiger partial charge < -0.3 is 14.6 Å². The van der Waals surface area contributed by atoms with Gasteiger partial charge in [-0.1, -0.05) is 24.3 Å². The van der Waals surface area contributed by atoms with E-state index in [9.17, 15) is 4.79 Å². The minimum absolute atomic E-state index is 0.0967. The van der Waals surface area contributed by atoms with Crippen molar-refractivity contribution in [1.29, 1.82) is 0 Å². The summed E-state index contributed by atoms with van der Waals surface area (Å²) in [6.45, 7) is 3.15. The number of amides is 2. The summed E-state index contributed by atoms with van der Waals surface area (Å²) in [7, 11) is 0. The zero-order valence-corrected chi connectivity index (χ0v) is 16.6. The van der Waals surface area contributed by atoms with Crippen molar-refractivity contribution in [2.75, 3.05) is 18.4 Å². The summed E-state index contributed by atoms with van der Waals surface area (Å²) >= 11 is 0. The van der Waals surface area contributed by atoms with E-state index >= 15 is 0 Å². The van der Waals surface area contributed by atoms with Crippen molar-refractivity contribution in [3.63, 3.8) is 0 Å². The van der Waals surface area contributed by atoms with Crippen LogP contribution < -0.4 is 5.32 Å². The molecule has 30 heavy (non-hydrogen) atoms. The fourth-order valence-corrected chi connectivity index (χ4v) is 3.84. The number of para-hydroxylation sites is 2. The molecule has 1 saturated heterocycles. The van der Waals surface area contributed by atoms with Crippen molar-refractivity contribution in [1.82, 2.24) is 25.1 Å². The number of carbonyl (C=O) groups excluding carboxylic acids is 1. The molecule has 0 saturated carbocycles. The second-order valence-electron chi connectivity index (χ2n) is 7.56. The average molecular weight is 402 g/mol. The first-order chi connectivity index (χ1) is 14.7. The Labute approximate surface area is 173 Å². The van der Waals surface area contributed by atoms with Crippen LogP contribution in [0.5, 0.6) is 0 Å². The van der Waals surface area contributed by atoms with E-state index in [1.807, 2.05) is 60.4 Å². The number of likely N-dealkylation sites (tertiary alicyclic amines) is 1. The molecule has 8 heteroatoms. The van der Waals surface area contributed by atoms with E-state index in [0.29, 0.717) is 30.5 Å². The number of carbonyl (C=O) groups is 1. The minimum Gasteiger partial charge on any atom is -0.440 e. The number of aromatic amines is 1. The maximum absolute atomic E-state index is 12.9. The van der Waals surface area contributed by atoms with Crippen LogP contribution in [-0.4, -0.2) is 44.2 Å². The average Bonchev–Trinajstić information content (AvgIpc) is 3.40. The lowest BCUT2D eigenvalue weighted by atomic mass is 9.98. The number of rotatable bonds is 3. The van der Waals surface area contributed by atoms with Gasteiger partial charge in [-0.25, -0.2) is 14.8 Å². The number of aryl methyl sites for hydroxylation is 1. The number of hydrogen-bond donors (Lipinski definition) is 2. The third-order valence-corrected chi connectivity index (χ3v) is 5.34. The van der Waals surface area contributed by atoms with Gasteiger partial charge in [0.05, 0.1) is 5.92 Å². The standard InChI is InChI=1S/C22H22N6O2/c1-14-23-20(27-26-14)15-6-4-8-17(12-15)24-22(29)28-11-5-7-16(13-28)21-25-18-9-2-3-10-19(18)30-21/h2-4,6,8-10,12,16H,5,7,11,13H2,1H3,(H,24,29)(H,23,26,27). The van der Waals surface area contributed by atoms with E-state index in [1.165, 1.54) is 0 Å². The Morgan fingerprint density at radius 2 is 2.10 bits per heavy atom. The molecule has 3 heterocycles. The summed E-state index contributed by atoms with van der Waals surface area (Å²) in [5, 5.41) is 10.0. The van der Waals surface area contributed by atoms with Crippen LogP contribution in [0.4, 0.5) is 10.5 Å². The number of nitrogens with zero attached hydrogens (tertiary/aromatic N) is 4. The molecule has 8 nitrogen and oxygen atoms in total. The van der Waals surface area contributed by atoms with Crippen LogP contribution in [0.15, 0.2) is 52.9 Å². The predicted octanol–water partition coefficient (Wildman–Crippen LogP) is 4.33. The molecule has 2 N–H and O–H groups in total. The largest absolute Gasteiger partial charge is 0.440 e. The van der Waals surface area contributed by atoms with Crippen molar-refractivity contribution < 1.29 is 9.21 Å². The Morgan fingerprint density at radius 1 is 1.20 bits per heavy atom.